The third-order valence-corrected chi connectivity index (χ3v) is 8.69. The van der Waals surface area contributed by atoms with Crippen molar-refractivity contribution in [2.24, 2.45) is 0 Å². The van der Waals surface area contributed by atoms with E-state index in [2.05, 4.69) is 96.8 Å². The predicted octanol–water partition coefficient (Wildman–Crippen LogP) is 4.13. The van der Waals surface area contributed by atoms with Crippen LogP contribution >= 0.6 is 6.89 Å². The second-order valence-electron chi connectivity index (χ2n) is 6.39. The van der Waals surface area contributed by atoms with Crippen molar-refractivity contribution in [2.75, 3.05) is 6.61 Å². The maximum atomic E-state index is 11.0. The number of carbonyl (C=O) groups excluding carboxylic acids is 1. The Hall–Kier alpha value is -2.57. The largest absolute Gasteiger partial charge is 0.466 e. The number of carbonyl (C=O) groups is 1. The van der Waals surface area contributed by atoms with Crippen LogP contribution in [-0.4, -0.2) is 18.4 Å². The molecule has 0 heterocycles. The SMILES string of the molecule is CC(=O)OCCCC=P(c1ccccc1)(c1ccccc1)c1ccccc1. The van der Waals surface area contributed by atoms with Gasteiger partial charge in [0.1, 0.15) is 0 Å². The summed E-state index contributed by atoms with van der Waals surface area (Å²) in [5.74, 6) is 2.25. The summed E-state index contributed by atoms with van der Waals surface area (Å²) in [6.07, 6.45) is 1.72. The molecule has 0 aliphatic carbocycles. The molecular formula is C24H25O2P. The van der Waals surface area contributed by atoms with Gasteiger partial charge >= 0.3 is 5.97 Å². The number of ether oxygens (including phenoxy) is 1. The lowest BCUT2D eigenvalue weighted by Gasteiger charge is -2.29. The Morgan fingerprint density at radius 3 is 1.56 bits per heavy atom. The molecule has 0 amide bonds. The minimum Gasteiger partial charge on any atom is -0.466 e. The molecule has 27 heavy (non-hydrogen) atoms. The fourth-order valence-corrected chi connectivity index (χ4v) is 7.36. The van der Waals surface area contributed by atoms with E-state index in [1.165, 1.54) is 22.8 Å². The number of benzene rings is 3. The molecule has 0 bridgehead atoms. The maximum absolute atomic E-state index is 11.0. The fourth-order valence-electron chi connectivity index (χ4n) is 3.34. The first-order valence-electron chi connectivity index (χ1n) is 9.27. The molecule has 0 saturated heterocycles. The van der Waals surface area contributed by atoms with Gasteiger partial charge in [0.15, 0.2) is 0 Å². The fraction of sp³-hybridized carbons (Fsp3) is 0.167. The van der Waals surface area contributed by atoms with Gasteiger partial charge in [0.05, 0.1) is 6.61 Å². The number of rotatable bonds is 7. The van der Waals surface area contributed by atoms with Gasteiger partial charge in [0.25, 0.3) is 0 Å². The van der Waals surface area contributed by atoms with Crippen LogP contribution < -0.4 is 15.9 Å². The van der Waals surface area contributed by atoms with Crippen LogP contribution in [0, 0.1) is 0 Å². The average molecular weight is 376 g/mol. The molecule has 3 rings (SSSR count). The normalized spacial score (nSPS) is 11.0. The number of unbranched alkanes of at least 4 members (excludes halogenated alkanes) is 1. The van der Waals surface area contributed by atoms with Gasteiger partial charge < -0.3 is 4.74 Å². The van der Waals surface area contributed by atoms with E-state index in [1.807, 2.05) is 0 Å². The highest BCUT2D eigenvalue weighted by molar-refractivity contribution is 7.94. The first kappa shape index (κ1) is 19.2. The van der Waals surface area contributed by atoms with Crippen LogP contribution in [0.3, 0.4) is 0 Å². The van der Waals surface area contributed by atoms with Crippen molar-refractivity contribution >= 4 is 34.6 Å². The van der Waals surface area contributed by atoms with Crippen LogP contribution in [0.25, 0.3) is 0 Å². The van der Waals surface area contributed by atoms with E-state index in [0.29, 0.717) is 6.61 Å². The van der Waals surface area contributed by atoms with Crippen molar-refractivity contribution in [1.29, 1.82) is 0 Å². The summed E-state index contributed by atoms with van der Waals surface area (Å²) in [7, 11) is 0. The monoisotopic (exact) mass is 376 g/mol. The summed E-state index contributed by atoms with van der Waals surface area (Å²) in [6.45, 7) is 0.0371. The second-order valence-corrected chi connectivity index (χ2v) is 9.75. The summed E-state index contributed by atoms with van der Waals surface area (Å²) >= 11 is 0. The maximum Gasteiger partial charge on any atom is 0.302 e. The van der Waals surface area contributed by atoms with E-state index >= 15 is 0 Å². The van der Waals surface area contributed by atoms with Crippen LogP contribution in [0.5, 0.6) is 0 Å². The highest BCUT2D eigenvalue weighted by Crippen LogP contribution is 2.43. The highest BCUT2D eigenvalue weighted by Gasteiger charge is 2.24. The zero-order valence-corrected chi connectivity index (χ0v) is 16.5. The average Bonchev–Trinajstić information content (AvgIpc) is 2.73. The lowest BCUT2D eigenvalue weighted by molar-refractivity contribution is -0.140. The molecule has 138 valence electrons. The Morgan fingerprint density at radius 2 is 1.19 bits per heavy atom. The molecule has 0 aliphatic rings. The molecule has 0 unspecified atom stereocenters. The molecule has 0 saturated carbocycles. The zero-order valence-electron chi connectivity index (χ0n) is 15.6. The highest BCUT2D eigenvalue weighted by atomic mass is 31.2. The molecular weight excluding hydrogens is 351 g/mol. The minimum absolute atomic E-state index is 0.217. The van der Waals surface area contributed by atoms with Gasteiger partial charge in [-0.05, 0) is 35.6 Å². The number of esters is 1. The van der Waals surface area contributed by atoms with Gasteiger partial charge in [-0.2, -0.15) is 0 Å². The standard InChI is InChI=1S/C24H25O2P/c1-21(25)26-19-11-12-20-27(22-13-5-2-6-14-22,23-15-7-3-8-16-23)24-17-9-4-10-18-24/h2-10,13-18,20H,11-12,19H2,1H3. The van der Waals surface area contributed by atoms with Gasteiger partial charge in [-0.15, -0.1) is 0 Å². The zero-order chi connectivity index (χ0) is 19.0. The summed E-state index contributed by atoms with van der Waals surface area (Å²) in [6, 6.07) is 32.3. The van der Waals surface area contributed by atoms with Gasteiger partial charge in [0.2, 0.25) is 0 Å². The van der Waals surface area contributed by atoms with Crippen LogP contribution in [0.15, 0.2) is 91.0 Å². The smallest absolute Gasteiger partial charge is 0.302 e. The second kappa shape index (κ2) is 9.39. The third-order valence-electron chi connectivity index (χ3n) is 4.55. The molecule has 0 aliphatic heterocycles. The third kappa shape index (κ3) is 4.59. The Balaban J connectivity index is 2.13. The van der Waals surface area contributed by atoms with E-state index in [9.17, 15) is 4.79 Å². The molecule has 0 aromatic heterocycles. The van der Waals surface area contributed by atoms with Crippen molar-refractivity contribution < 1.29 is 9.53 Å². The molecule has 0 atom stereocenters. The molecule has 0 N–H and O–H groups in total. The first-order chi connectivity index (χ1) is 13.2. The minimum atomic E-state index is -1.88. The van der Waals surface area contributed by atoms with Crippen molar-refractivity contribution in [3.8, 4) is 0 Å². The van der Waals surface area contributed by atoms with Gasteiger partial charge in [-0.1, -0.05) is 96.8 Å². The summed E-state index contributed by atoms with van der Waals surface area (Å²) in [4.78, 5) is 11.0. The Morgan fingerprint density at radius 1 is 0.778 bits per heavy atom. The lowest BCUT2D eigenvalue weighted by atomic mass is 10.3. The van der Waals surface area contributed by atoms with Crippen LogP contribution in [0.4, 0.5) is 0 Å². The van der Waals surface area contributed by atoms with E-state index in [-0.39, 0.29) is 5.97 Å². The Labute approximate surface area is 161 Å². The summed E-state index contributed by atoms with van der Waals surface area (Å²) in [5, 5.41) is 4.03. The number of hydrogen-bond acceptors (Lipinski definition) is 2. The van der Waals surface area contributed by atoms with Crippen LogP contribution in [0.1, 0.15) is 19.8 Å². The van der Waals surface area contributed by atoms with Crippen molar-refractivity contribution in [3.05, 3.63) is 91.0 Å². The van der Waals surface area contributed by atoms with Crippen molar-refractivity contribution in [2.45, 2.75) is 19.8 Å². The predicted molar refractivity (Wildman–Crippen MR) is 117 cm³/mol. The first-order valence-corrected chi connectivity index (χ1v) is 11.1. The Kier molecular flexibility index (Phi) is 6.68. The van der Waals surface area contributed by atoms with Crippen molar-refractivity contribution in [3.63, 3.8) is 0 Å². The van der Waals surface area contributed by atoms with E-state index in [4.69, 9.17) is 4.74 Å². The quantitative estimate of drug-likeness (QED) is 0.352. The molecule has 0 spiro atoms. The topological polar surface area (TPSA) is 26.3 Å². The molecule has 2 nitrogen and oxygen atoms in total. The lowest BCUT2D eigenvalue weighted by Crippen LogP contribution is -2.27. The Bertz CT molecular complexity index is 799. The van der Waals surface area contributed by atoms with E-state index in [1.54, 1.807) is 0 Å². The van der Waals surface area contributed by atoms with Gasteiger partial charge in [-0.3, -0.25) is 4.79 Å². The van der Waals surface area contributed by atoms with E-state index in [0.717, 1.165) is 12.8 Å². The summed E-state index contributed by atoms with van der Waals surface area (Å²) in [5.41, 5.74) is 0. The molecule has 0 fully saturated rings. The summed E-state index contributed by atoms with van der Waals surface area (Å²) < 4.78 is 5.13. The van der Waals surface area contributed by atoms with Crippen LogP contribution in [-0.2, 0) is 9.53 Å². The van der Waals surface area contributed by atoms with Crippen LogP contribution in [0.2, 0.25) is 0 Å². The molecule has 0 radical (unpaired) electrons. The number of hydrogen-bond donors (Lipinski definition) is 0. The van der Waals surface area contributed by atoms with Gasteiger partial charge in [-0.25, -0.2) is 0 Å². The van der Waals surface area contributed by atoms with Crippen molar-refractivity contribution in [1.82, 2.24) is 0 Å². The van der Waals surface area contributed by atoms with E-state index < -0.39 is 6.89 Å². The molecule has 3 heteroatoms. The molecule has 3 aromatic carbocycles. The van der Waals surface area contributed by atoms with Gasteiger partial charge in [0, 0.05) is 6.92 Å². The molecule has 3 aromatic rings.